The van der Waals surface area contributed by atoms with E-state index < -0.39 is 18.9 Å². The number of rotatable bonds is 5. The fraction of sp³-hybridized carbons (Fsp3) is 1.00. The Bertz CT molecular complexity index is 114. The Morgan fingerprint density at radius 2 is 1.83 bits per heavy atom. The van der Waals surface area contributed by atoms with Crippen molar-refractivity contribution in [3.05, 3.63) is 0 Å². The maximum Gasteiger partial charge on any atom is 0.391 e. The second kappa shape index (κ2) is 5.37. The fourth-order valence-corrected chi connectivity index (χ4v) is 0.623. The Labute approximate surface area is 69.7 Å². The van der Waals surface area contributed by atoms with E-state index in [-0.39, 0.29) is 6.61 Å². The number of ether oxygens (including phenoxy) is 2. The summed E-state index contributed by atoms with van der Waals surface area (Å²) < 4.78 is 44.3. The lowest BCUT2D eigenvalue weighted by Crippen LogP contribution is -2.18. The topological polar surface area (TPSA) is 18.5 Å². The third-order valence-corrected chi connectivity index (χ3v) is 1.14. The van der Waals surface area contributed by atoms with Crippen LogP contribution in [-0.4, -0.2) is 25.7 Å². The van der Waals surface area contributed by atoms with Crippen LogP contribution in [0, 0.1) is 0 Å². The van der Waals surface area contributed by atoms with Gasteiger partial charge in [0.15, 0.2) is 6.29 Å². The fourth-order valence-electron chi connectivity index (χ4n) is 0.623. The Kier molecular flexibility index (Phi) is 5.24. The molecule has 0 bridgehead atoms. The van der Waals surface area contributed by atoms with E-state index in [1.807, 2.05) is 0 Å². The van der Waals surface area contributed by atoms with E-state index in [1.54, 1.807) is 13.8 Å². The van der Waals surface area contributed by atoms with E-state index in [0.717, 1.165) is 0 Å². The summed E-state index contributed by atoms with van der Waals surface area (Å²) in [6, 6.07) is 0. The maximum absolute atomic E-state index is 11.6. The van der Waals surface area contributed by atoms with Crippen molar-refractivity contribution in [3.8, 4) is 0 Å². The zero-order valence-electron chi connectivity index (χ0n) is 7.15. The van der Waals surface area contributed by atoms with Gasteiger partial charge >= 0.3 is 6.18 Å². The van der Waals surface area contributed by atoms with Crippen LogP contribution in [0.15, 0.2) is 0 Å². The van der Waals surface area contributed by atoms with Crippen LogP contribution in [0.5, 0.6) is 0 Å². The minimum Gasteiger partial charge on any atom is -0.353 e. The van der Waals surface area contributed by atoms with Crippen molar-refractivity contribution in [2.24, 2.45) is 0 Å². The van der Waals surface area contributed by atoms with Crippen LogP contribution < -0.4 is 0 Å². The van der Waals surface area contributed by atoms with Crippen molar-refractivity contribution < 1.29 is 22.6 Å². The van der Waals surface area contributed by atoms with Gasteiger partial charge in [0.2, 0.25) is 0 Å². The van der Waals surface area contributed by atoms with Gasteiger partial charge in [0, 0.05) is 6.61 Å². The molecule has 0 amide bonds. The first-order valence-electron chi connectivity index (χ1n) is 3.75. The zero-order valence-corrected chi connectivity index (χ0v) is 7.15. The average molecular weight is 186 g/mol. The lowest BCUT2D eigenvalue weighted by atomic mass is 10.4. The molecule has 5 heteroatoms. The molecule has 0 spiro atoms. The molecular formula is C7H13F3O2. The summed E-state index contributed by atoms with van der Waals surface area (Å²) in [5.74, 6) is 0. The van der Waals surface area contributed by atoms with Crippen molar-refractivity contribution >= 4 is 0 Å². The lowest BCUT2D eigenvalue weighted by molar-refractivity contribution is -0.174. The first kappa shape index (κ1) is 11.7. The number of alkyl halides is 3. The first-order chi connectivity index (χ1) is 5.45. The molecule has 1 unspecified atom stereocenters. The van der Waals surface area contributed by atoms with Gasteiger partial charge in [-0.15, -0.1) is 0 Å². The van der Waals surface area contributed by atoms with Gasteiger partial charge < -0.3 is 9.47 Å². The van der Waals surface area contributed by atoms with E-state index in [9.17, 15) is 13.2 Å². The summed E-state index contributed by atoms with van der Waals surface area (Å²) in [6.45, 7) is 3.42. The van der Waals surface area contributed by atoms with Crippen molar-refractivity contribution in [1.82, 2.24) is 0 Å². The number of halogens is 3. The average Bonchev–Trinajstić information content (AvgIpc) is 1.84. The molecule has 1 atom stereocenters. The molecule has 0 fully saturated rings. The van der Waals surface area contributed by atoms with Gasteiger partial charge in [0.05, 0.1) is 13.0 Å². The van der Waals surface area contributed by atoms with Crippen molar-refractivity contribution in [3.63, 3.8) is 0 Å². The molecule has 0 radical (unpaired) electrons. The molecule has 0 saturated carbocycles. The van der Waals surface area contributed by atoms with E-state index in [2.05, 4.69) is 0 Å². The summed E-state index contributed by atoms with van der Waals surface area (Å²) in [4.78, 5) is 0. The molecule has 0 heterocycles. The molecule has 0 aliphatic rings. The molecule has 0 saturated heterocycles. The summed E-state index contributed by atoms with van der Waals surface area (Å²) in [5, 5.41) is 0. The molecule has 12 heavy (non-hydrogen) atoms. The summed E-state index contributed by atoms with van der Waals surface area (Å²) in [6.07, 6.45) is -5.63. The van der Waals surface area contributed by atoms with Crippen LogP contribution in [0.3, 0.4) is 0 Å². The largest absolute Gasteiger partial charge is 0.391 e. The van der Waals surface area contributed by atoms with E-state index in [4.69, 9.17) is 9.47 Å². The van der Waals surface area contributed by atoms with E-state index >= 15 is 0 Å². The Morgan fingerprint density at radius 3 is 2.25 bits per heavy atom. The Morgan fingerprint density at radius 1 is 1.25 bits per heavy atom. The predicted molar refractivity (Wildman–Crippen MR) is 37.7 cm³/mol. The molecule has 0 aromatic heterocycles. The molecule has 0 aliphatic carbocycles. The standard InChI is InChI=1S/C7H13F3O2/c1-3-11-6(2)12-5-4-7(8,9)10/h6H,3-5H2,1-2H3. The molecule has 0 aliphatic heterocycles. The zero-order chi connectivity index (χ0) is 9.61. The van der Waals surface area contributed by atoms with Gasteiger partial charge in [-0.3, -0.25) is 0 Å². The molecule has 0 aromatic rings. The van der Waals surface area contributed by atoms with Gasteiger partial charge in [0.1, 0.15) is 0 Å². The normalized spacial score (nSPS) is 14.8. The van der Waals surface area contributed by atoms with Crippen LogP contribution in [0.1, 0.15) is 20.3 Å². The van der Waals surface area contributed by atoms with Gasteiger partial charge in [0.25, 0.3) is 0 Å². The summed E-state index contributed by atoms with van der Waals surface area (Å²) in [7, 11) is 0. The third kappa shape index (κ3) is 7.81. The first-order valence-corrected chi connectivity index (χ1v) is 3.75. The van der Waals surface area contributed by atoms with Gasteiger partial charge in [-0.2, -0.15) is 13.2 Å². The maximum atomic E-state index is 11.6. The van der Waals surface area contributed by atoms with Gasteiger partial charge in [-0.1, -0.05) is 0 Å². The highest BCUT2D eigenvalue weighted by molar-refractivity contribution is 4.48. The smallest absolute Gasteiger partial charge is 0.353 e. The Hall–Kier alpha value is -0.290. The van der Waals surface area contributed by atoms with E-state index in [0.29, 0.717) is 6.61 Å². The summed E-state index contributed by atoms with van der Waals surface area (Å²) in [5.41, 5.74) is 0. The highest BCUT2D eigenvalue weighted by Gasteiger charge is 2.26. The van der Waals surface area contributed by atoms with Gasteiger partial charge in [-0.05, 0) is 13.8 Å². The minimum atomic E-state index is -4.15. The van der Waals surface area contributed by atoms with E-state index in [1.165, 1.54) is 0 Å². The molecule has 0 aromatic carbocycles. The van der Waals surface area contributed by atoms with Crippen LogP contribution in [0.4, 0.5) is 13.2 Å². The second-order valence-electron chi connectivity index (χ2n) is 2.26. The monoisotopic (exact) mass is 186 g/mol. The second-order valence-corrected chi connectivity index (χ2v) is 2.26. The quantitative estimate of drug-likeness (QED) is 0.613. The number of hydrogen-bond acceptors (Lipinski definition) is 2. The van der Waals surface area contributed by atoms with Crippen molar-refractivity contribution in [2.75, 3.05) is 13.2 Å². The summed E-state index contributed by atoms with van der Waals surface area (Å²) >= 11 is 0. The van der Waals surface area contributed by atoms with Gasteiger partial charge in [-0.25, -0.2) is 0 Å². The highest BCUT2D eigenvalue weighted by atomic mass is 19.4. The highest BCUT2D eigenvalue weighted by Crippen LogP contribution is 2.19. The Balaban J connectivity index is 3.31. The van der Waals surface area contributed by atoms with Crippen molar-refractivity contribution in [2.45, 2.75) is 32.7 Å². The minimum absolute atomic E-state index is 0.343. The molecular weight excluding hydrogens is 173 g/mol. The SMILES string of the molecule is CCOC(C)OCCC(F)(F)F. The third-order valence-electron chi connectivity index (χ3n) is 1.14. The predicted octanol–water partition coefficient (Wildman–Crippen LogP) is 2.34. The molecule has 74 valence electrons. The van der Waals surface area contributed by atoms with Crippen LogP contribution in [0.25, 0.3) is 0 Å². The molecule has 2 nitrogen and oxygen atoms in total. The van der Waals surface area contributed by atoms with Crippen LogP contribution in [0.2, 0.25) is 0 Å². The lowest BCUT2D eigenvalue weighted by Gasteiger charge is -2.13. The van der Waals surface area contributed by atoms with Crippen molar-refractivity contribution in [1.29, 1.82) is 0 Å². The molecule has 0 N–H and O–H groups in total. The van der Waals surface area contributed by atoms with Crippen LogP contribution >= 0.6 is 0 Å². The van der Waals surface area contributed by atoms with Crippen LogP contribution in [-0.2, 0) is 9.47 Å². The number of hydrogen-bond donors (Lipinski definition) is 0. The molecule has 0 rings (SSSR count).